The summed E-state index contributed by atoms with van der Waals surface area (Å²) in [5.74, 6) is -0.765. The lowest BCUT2D eigenvalue weighted by atomic mass is 9.89. The number of carbonyl (C=O) groups excluding carboxylic acids is 1. The highest BCUT2D eigenvalue weighted by molar-refractivity contribution is 7.89. The van der Waals surface area contributed by atoms with Gasteiger partial charge in [-0.15, -0.1) is 0 Å². The number of aryl methyl sites for hydroxylation is 1. The zero-order valence-electron chi connectivity index (χ0n) is 28.9. The van der Waals surface area contributed by atoms with Gasteiger partial charge in [0.05, 0.1) is 36.6 Å². The Morgan fingerprint density at radius 1 is 1.12 bits per heavy atom. The molecule has 11 nitrogen and oxygen atoms in total. The number of oxazole rings is 1. The molecule has 0 amide bonds. The van der Waals surface area contributed by atoms with Crippen molar-refractivity contribution in [2.75, 3.05) is 32.8 Å². The fourth-order valence-electron chi connectivity index (χ4n) is 6.53. The number of hydrogen-bond donors (Lipinski definition) is 2. The second-order valence-corrected chi connectivity index (χ2v) is 16.8. The Hall–Kier alpha value is -2.87. The number of nitrogens with one attached hydrogen (secondary N) is 1. The van der Waals surface area contributed by atoms with E-state index in [4.69, 9.17) is 18.6 Å². The first-order valence-electron chi connectivity index (χ1n) is 16.9. The largest absolute Gasteiger partial charge is 0.462 e. The third kappa shape index (κ3) is 9.22. The molecule has 0 spiro atoms. The van der Waals surface area contributed by atoms with Gasteiger partial charge in [-0.2, -0.15) is 4.31 Å². The molecule has 0 aliphatic carbocycles. The van der Waals surface area contributed by atoms with Gasteiger partial charge in [0.2, 0.25) is 10.0 Å². The van der Waals surface area contributed by atoms with E-state index in [0.717, 1.165) is 12.1 Å². The van der Waals surface area contributed by atoms with Crippen molar-refractivity contribution in [3.63, 3.8) is 0 Å². The van der Waals surface area contributed by atoms with Crippen molar-refractivity contribution in [1.82, 2.24) is 14.6 Å². The van der Waals surface area contributed by atoms with E-state index in [9.17, 15) is 18.3 Å². The van der Waals surface area contributed by atoms with Gasteiger partial charge >= 0.3 is 5.97 Å². The number of ether oxygens (including phenoxy) is 3. The van der Waals surface area contributed by atoms with Gasteiger partial charge in [0.25, 0.3) is 0 Å². The summed E-state index contributed by atoms with van der Waals surface area (Å²) in [6.07, 6.45) is -1.16. The predicted octanol–water partition coefficient (Wildman–Crippen LogP) is 4.70. The summed E-state index contributed by atoms with van der Waals surface area (Å²) in [6.45, 7) is 13.7. The Kier molecular flexibility index (Phi) is 11.6. The molecule has 2 aliphatic heterocycles. The summed E-state index contributed by atoms with van der Waals surface area (Å²) in [7, 11) is -4.02. The van der Waals surface area contributed by atoms with Crippen LogP contribution in [0.25, 0.3) is 11.1 Å². The van der Waals surface area contributed by atoms with Crippen LogP contribution in [-0.2, 0) is 35.4 Å². The van der Waals surface area contributed by atoms with Crippen LogP contribution in [0.3, 0.4) is 0 Å². The van der Waals surface area contributed by atoms with Crippen LogP contribution in [0.2, 0.25) is 0 Å². The van der Waals surface area contributed by atoms with Crippen molar-refractivity contribution in [3.8, 4) is 0 Å². The number of aromatic nitrogens is 1. The van der Waals surface area contributed by atoms with Crippen LogP contribution in [0.5, 0.6) is 0 Å². The molecule has 3 aromatic rings. The van der Waals surface area contributed by atoms with E-state index in [1.54, 1.807) is 13.0 Å². The summed E-state index contributed by atoms with van der Waals surface area (Å²) in [5, 5.41) is 15.3. The van der Waals surface area contributed by atoms with Gasteiger partial charge in [-0.1, -0.05) is 65.0 Å². The van der Waals surface area contributed by atoms with Gasteiger partial charge in [-0.25, -0.2) is 13.4 Å². The number of aliphatic hydroxyl groups excluding tert-OH is 1. The summed E-state index contributed by atoms with van der Waals surface area (Å²) < 4.78 is 52.8. The summed E-state index contributed by atoms with van der Waals surface area (Å²) >= 11 is 0. The first-order valence-corrected chi connectivity index (χ1v) is 18.4. The summed E-state index contributed by atoms with van der Waals surface area (Å²) in [4.78, 5) is 18.0. The smallest absolute Gasteiger partial charge is 0.306 e. The average molecular weight is 686 g/mol. The molecule has 0 radical (unpaired) electrons. The van der Waals surface area contributed by atoms with Crippen LogP contribution < -0.4 is 5.32 Å². The normalized spacial score (nSPS) is 23.0. The highest BCUT2D eigenvalue weighted by Crippen LogP contribution is 2.34. The summed E-state index contributed by atoms with van der Waals surface area (Å²) in [5.41, 5.74) is 1.95. The van der Waals surface area contributed by atoms with Crippen molar-refractivity contribution in [1.29, 1.82) is 0 Å². The topological polar surface area (TPSA) is 140 Å². The first-order chi connectivity index (χ1) is 22.7. The number of benzene rings is 2. The van der Waals surface area contributed by atoms with Gasteiger partial charge < -0.3 is 29.1 Å². The molecule has 264 valence electrons. The molecule has 0 bridgehead atoms. The molecular weight excluding hydrogens is 634 g/mol. The minimum absolute atomic E-state index is 0.0162. The Bertz CT molecular complexity index is 1620. The zero-order chi connectivity index (χ0) is 34.6. The molecule has 2 N–H and O–H groups in total. The number of esters is 1. The van der Waals surface area contributed by atoms with Crippen molar-refractivity contribution in [2.24, 2.45) is 23.2 Å². The third-order valence-corrected chi connectivity index (χ3v) is 10.7. The highest BCUT2D eigenvalue weighted by Gasteiger charge is 2.47. The van der Waals surface area contributed by atoms with Gasteiger partial charge in [-0.05, 0) is 41.5 Å². The fraction of sp³-hybridized carbons (Fsp3) is 0.611. The van der Waals surface area contributed by atoms with Crippen LogP contribution in [0.1, 0.15) is 58.9 Å². The Balaban J connectivity index is 1.33. The zero-order valence-corrected chi connectivity index (χ0v) is 29.7. The molecule has 5 rings (SSSR count). The quantitative estimate of drug-likeness (QED) is 0.230. The average Bonchev–Trinajstić information content (AvgIpc) is 3.61. The second-order valence-electron chi connectivity index (χ2n) is 14.8. The molecule has 48 heavy (non-hydrogen) atoms. The van der Waals surface area contributed by atoms with Crippen LogP contribution in [0.15, 0.2) is 57.8 Å². The number of aliphatic hydroxyl groups is 1. The SMILES string of the molecule is Cc1nc2cc(S(=O)(=O)N(CC(C)C)C[C@@H](O)[C@@H](CC(=O)O[C@H]3CCO[C@H]4OC[C@H](NCC(C)(C)C)[C@H]43)Cc3ccccc3)ccc2o1. The van der Waals surface area contributed by atoms with E-state index >= 15 is 0 Å². The van der Waals surface area contributed by atoms with Gasteiger partial charge in [0.1, 0.15) is 11.6 Å². The lowest BCUT2D eigenvalue weighted by Gasteiger charge is -2.36. The number of hydrogen-bond acceptors (Lipinski definition) is 10. The van der Waals surface area contributed by atoms with Crippen molar-refractivity contribution in [2.45, 2.75) is 90.2 Å². The Labute approximate surface area is 284 Å². The van der Waals surface area contributed by atoms with Crippen molar-refractivity contribution < 1.29 is 36.9 Å². The molecular formula is C36H51N3O8S. The van der Waals surface area contributed by atoms with Crippen LogP contribution in [0, 0.1) is 30.1 Å². The fourth-order valence-corrected chi connectivity index (χ4v) is 8.17. The minimum Gasteiger partial charge on any atom is -0.462 e. The maximum atomic E-state index is 14.0. The molecule has 6 atom stereocenters. The molecule has 0 saturated carbocycles. The number of fused-ring (bicyclic) bond motifs is 2. The molecule has 2 aliphatic rings. The van der Waals surface area contributed by atoms with Crippen molar-refractivity contribution >= 4 is 27.1 Å². The monoisotopic (exact) mass is 685 g/mol. The maximum Gasteiger partial charge on any atom is 0.306 e. The van der Waals surface area contributed by atoms with Crippen LogP contribution >= 0.6 is 0 Å². The molecule has 2 aromatic carbocycles. The van der Waals surface area contributed by atoms with Gasteiger partial charge in [-0.3, -0.25) is 4.79 Å². The van der Waals surface area contributed by atoms with Crippen molar-refractivity contribution in [3.05, 3.63) is 60.0 Å². The number of sulfonamides is 1. The maximum absolute atomic E-state index is 14.0. The van der Waals surface area contributed by atoms with E-state index in [0.29, 0.717) is 43.0 Å². The summed E-state index contributed by atoms with van der Waals surface area (Å²) in [6, 6.07) is 14.2. The Morgan fingerprint density at radius 2 is 1.88 bits per heavy atom. The molecule has 1 aromatic heterocycles. The van der Waals surface area contributed by atoms with E-state index in [1.807, 2.05) is 44.2 Å². The molecule has 12 heteroatoms. The molecule has 2 saturated heterocycles. The number of rotatable bonds is 14. The van der Waals surface area contributed by atoms with E-state index in [1.165, 1.54) is 16.4 Å². The van der Waals surface area contributed by atoms with Crippen LogP contribution in [0.4, 0.5) is 0 Å². The first kappa shape index (κ1) is 36.4. The number of carbonyl (C=O) groups is 1. The third-order valence-electron chi connectivity index (χ3n) is 8.89. The van der Waals surface area contributed by atoms with E-state index in [-0.39, 0.29) is 47.7 Å². The standard InChI is InChI=1S/C36H51N3O8S/c1-23(2)19-39(48(42,43)27-12-13-31-28(18-27)38-24(3)46-31)20-30(40)26(16-25-10-8-7-9-11-25)17-33(41)47-32-14-15-44-35-34(32)29(21-45-35)37-22-36(4,5)6/h7-13,18,23,26,29-30,32,34-35,37,40H,14-17,19-22H2,1-6H3/t26-,29+,30-,32+,34+,35+/m1/s1. The lowest BCUT2D eigenvalue weighted by molar-refractivity contribution is -0.196. The van der Waals surface area contributed by atoms with E-state index < -0.39 is 40.4 Å². The lowest BCUT2D eigenvalue weighted by Crippen LogP contribution is -2.50. The van der Waals surface area contributed by atoms with E-state index in [2.05, 4.69) is 31.1 Å². The van der Waals surface area contributed by atoms with Gasteiger partial charge in [0, 0.05) is 44.9 Å². The second kappa shape index (κ2) is 15.3. The Morgan fingerprint density at radius 3 is 2.58 bits per heavy atom. The molecule has 0 unspecified atom stereocenters. The minimum atomic E-state index is -4.02. The highest BCUT2D eigenvalue weighted by atomic mass is 32.2. The molecule has 2 fully saturated rings. The van der Waals surface area contributed by atoms with Gasteiger partial charge in [0.15, 0.2) is 17.8 Å². The number of nitrogens with zero attached hydrogens (tertiary/aromatic N) is 2. The predicted molar refractivity (Wildman–Crippen MR) is 182 cm³/mol. The van der Waals surface area contributed by atoms with Crippen LogP contribution in [-0.4, -0.2) is 86.2 Å². The molecule has 3 heterocycles.